The molecule has 1 N–H and O–H groups in total. The van der Waals surface area contributed by atoms with Crippen molar-refractivity contribution in [2.45, 2.75) is 71.3 Å². The van der Waals surface area contributed by atoms with Crippen molar-refractivity contribution >= 4 is 29.3 Å². The summed E-state index contributed by atoms with van der Waals surface area (Å²) in [4.78, 5) is 41.4. The molecule has 1 aliphatic rings. The van der Waals surface area contributed by atoms with Gasteiger partial charge < -0.3 is 19.7 Å². The van der Waals surface area contributed by atoms with Crippen LogP contribution in [0.4, 0.5) is 18.0 Å². The summed E-state index contributed by atoms with van der Waals surface area (Å²) in [5, 5.41) is 2.60. The molecule has 3 rings (SSSR count). The second-order valence-electron chi connectivity index (χ2n) is 9.75. The number of nitrogens with zero attached hydrogens (tertiary/aromatic N) is 1. The van der Waals surface area contributed by atoms with Gasteiger partial charge in [0.1, 0.15) is 11.6 Å². The Hall–Kier alpha value is -3.08. The van der Waals surface area contributed by atoms with Gasteiger partial charge in [0.05, 0.1) is 18.6 Å². The van der Waals surface area contributed by atoms with Gasteiger partial charge in [-0.1, -0.05) is 12.1 Å². The van der Waals surface area contributed by atoms with E-state index in [-0.39, 0.29) is 24.7 Å². The predicted octanol–water partition coefficient (Wildman–Crippen LogP) is 4.89. The highest BCUT2D eigenvalue weighted by atomic mass is 32.1. The lowest BCUT2D eigenvalue weighted by Crippen LogP contribution is -2.51. The van der Waals surface area contributed by atoms with Crippen LogP contribution in [-0.4, -0.2) is 47.7 Å². The lowest BCUT2D eigenvalue weighted by molar-refractivity contribution is -0.142. The van der Waals surface area contributed by atoms with E-state index < -0.39 is 29.5 Å². The molecule has 0 bridgehead atoms. The first kappa shape index (κ1) is 28.5. The number of hydrogen-bond acceptors (Lipinski definition) is 6. The Morgan fingerprint density at radius 1 is 1.14 bits per heavy atom. The number of halogens is 3. The number of esters is 1. The number of alkyl halides is 3. The maximum atomic E-state index is 13.5. The number of alkyl carbamates (subject to hydrolysis) is 1. The summed E-state index contributed by atoms with van der Waals surface area (Å²) in [7, 11) is 0. The molecule has 0 fully saturated rings. The molecule has 1 aromatic heterocycles. The Morgan fingerprint density at radius 3 is 2.41 bits per heavy atom. The summed E-state index contributed by atoms with van der Waals surface area (Å²) in [6, 6.07) is 5.36. The molecule has 0 aliphatic carbocycles. The monoisotopic (exact) mass is 540 g/mol. The molecule has 0 saturated carbocycles. The number of rotatable bonds is 7. The fourth-order valence-corrected chi connectivity index (χ4v) is 5.12. The van der Waals surface area contributed by atoms with Crippen molar-refractivity contribution in [1.82, 2.24) is 10.2 Å². The fraction of sp³-hybridized carbons (Fsp3) is 0.500. The van der Waals surface area contributed by atoms with Gasteiger partial charge in [0.15, 0.2) is 0 Å². The van der Waals surface area contributed by atoms with Gasteiger partial charge in [0.25, 0.3) is 0 Å². The van der Waals surface area contributed by atoms with E-state index >= 15 is 0 Å². The van der Waals surface area contributed by atoms with Crippen LogP contribution in [0.5, 0.6) is 0 Å². The summed E-state index contributed by atoms with van der Waals surface area (Å²) in [6.07, 6.45) is -4.51. The topological polar surface area (TPSA) is 84.9 Å². The van der Waals surface area contributed by atoms with Crippen LogP contribution in [0, 0.1) is 0 Å². The molecular weight excluding hydrogens is 509 g/mol. The number of carbonyl (C=O) groups excluding carboxylic acids is 3. The average molecular weight is 541 g/mol. The molecule has 1 aromatic carbocycles. The van der Waals surface area contributed by atoms with Crippen molar-refractivity contribution in [1.29, 1.82) is 0 Å². The smallest absolute Gasteiger partial charge is 0.416 e. The molecule has 1 unspecified atom stereocenters. The van der Waals surface area contributed by atoms with Crippen LogP contribution < -0.4 is 5.32 Å². The number of hydrogen-bond donors (Lipinski definition) is 1. The van der Waals surface area contributed by atoms with Gasteiger partial charge in [-0.2, -0.15) is 13.2 Å². The molecule has 37 heavy (non-hydrogen) atoms. The number of carbonyl (C=O) groups is 3. The number of ether oxygens (including phenoxy) is 2. The van der Waals surface area contributed by atoms with Crippen LogP contribution in [0.1, 0.15) is 54.1 Å². The Labute approximate surface area is 217 Å². The third-order valence-electron chi connectivity index (χ3n) is 5.56. The van der Waals surface area contributed by atoms with Gasteiger partial charge in [-0.25, -0.2) is 4.79 Å². The Bertz CT molecular complexity index is 1120. The Balaban J connectivity index is 1.76. The van der Waals surface area contributed by atoms with E-state index in [1.54, 1.807) is 32.6 Å². The molecule has 11 heteroatoms. The number of nitrogens with one attached hydrogen (secondary N) is 1. The fourth-order valence-electron chi connectivity index (χ4n) is 3.96. The van der Waals surface area contributed by atoms with Gasteiger partial charge in [-0.3, -0.25) is 9.59 Å². The van der Waals surface area contributed by atoms with E-state index in [1.807, 2.05) is 6.07 Å². The average Bonchev–Trinajstić information content (AvgIpc) is 3.18. The first-order valence-electron chi connectivity index (χ1n) is 12.0. The molecule has 2 heterocycles. The predicted molar refractivity (Wildman–Crippen MR) is 132 cm³/mol. The molecular formula is C26H31F3N2O5S. The normalized spacial score (nSPS) is 14.5. The van der Waals surface area contributed by atoms with Crippen molar-refractivity contribution in [3.63, 3.8) is 0 Å². The third-order valence-corrected chi connectivity index (χ3v) is 6.80. The van der Waals surface area contributed by atoms with Crippen LogP contribution in [0.3, 0.4) is 0 Å². The quantitative estimate of drug-likeness (QED) is 0.506. The highest BCUT2D eigenvalue weighted by Crippen LogP contribution is 2.30. The molecule has 1 atom stereocenters. The minimum absolute atomic E-state index is 0.00266. The molecule has 2 amide bonds. The Kier molecular flexibility index (Phi) is 8.88. The number of benzene rings is 1. The van der Waals surface area contributed by atoms with E-state index in [4.69, 9.17) is 9.47 Å². The Morgan fingerprint density at radius 2 is 1.81 bits per heavy atom. The van der Waals surface area contributed by atoms with E-state index in [0.717, 1.165) is 27.5 Å². The van der Waals surface area contributed by atoms with Crippen LogP contribution in [-0.2, 0) is 51.0 Å². The lowest BCUT2D eigenvalue weighted by Gasteiger charge is -2.31. The summed E-state index contributed by atoms with van der Waals surface area (Å²) < 4.78 is 49.2. The SMILES string of the molecule is CCOC(=O)Cc1cc2c(s1)CCN(C(=O)C(Cc1ccc(C(F)(F)F)cc1)NC(=O)OC(C)(C)C)C2. The number of amides is 2. The lowest BCUT2D eigenvalue weighted by atomic mass is 10.0. The van der Waals surface area contributed by atoms with Crippen LogP contribution >= 0.6 is 11.3 Å². The van der Waals surface area contributed by atoms with Crippen LogP contribution in [0.2, 0.25) is 0 Å². The summed E-state index contributed by atoms with van der Waals surface area (Å²) in [5.41, 5.74) is -0.196. The molecule has 0 radical (unpaired) electrons. The molecule has 202 valence electrons. The van der Waals surface area contributed by atoms with Gasteiger partial charge in [0, 0.05) is 29.3 Å². The molecule has 0 spiro atoms. The maximum absolute atomic E-state index is 13.5. The van der Waals surface area contributed by atoms with Crippen molar-refractivity contribution in [2.75, 3.05) is 13.2 Å². The number of fused-ring (bicyclic) bond motifs is 1. The maximum Gasteiger partial charge on any atom is 0.416 e. The first-order valence-corrected chi connectivity index (χ1v) is 12.8. The van der Waals surface area contributed by atoms with Crippen LogP contribution in [0.25, 0.3) is 0 Å². The second kappa shape index (κ2) is 11.5. The van der Waals surface area contributed by atoms with Crippen molar-refractivity contribution in [3.05, 3.63) is 56.8 Å². The largest absolute Gasteiger partial charge is 0.466 e. The van der Waals surface area contributed by atoms with E-state index in [9.17, 15) is 27.6 Å². The standard InChI is InChI=1S/C26H31F3N2O5S/c1-5-35-22(32)14-19-13-17-15-31(11-10-21(17)37-19)23(33)20(30-24(34)36-25(2,3)4)12-16-6-8-18(9-7-16)26(27,28)29/h6-9,13,20H,5,10-12,14-15H2,1-4H3,(H,30,34). The summed E-state index contributed by atoms with van der Waals surface area (Å²) in [5.74, 6) is -0.679. The van der Waals surface area contributed by atoms with Gasteiger partial charge >= 0.3 is 18.2 Å². The minimum atomic E-state index is -4.47. The highest BCUT2D eigenvalue weighted by molar-refractivity contribution is 7.12. The van der Waals surface area contributed by atoms with Gasteiger partial charge in [-0.15, -0.1) is 11.3 Å². The van der Waals surface area contributed by atoms with Gasteiger partial charge in [0.2, 0.25) is 5.91 Å². The second-order valence-corrected chi connectivity index (χ2v) is 11.0. The third kappa shape index (κ3) is 8.21. The van der Waals surface area contributed by atoms with Gasteiger partial charge in [-0.05, 0) is 63.4 Å². The van der Waals surface area contributed by atoms with E-state index in [1.165, 1.54) is 23.5 Å². The van der Waals surface area contributed by atoms with Crippen molar-refractivity contribution in [2.24, 2.45) is 0 Å². The van der Waals surface area contributed by atoms with Crippen molar-refractivity contribution in [3.8, 4) is 0 Å². The summed E-state index contributed by atoms with van der Waals surface area (Å²) in [6.45, 7) is 7.82. The highest BCUT2D eigenvalue weighted by Gasteiger charge is 2.33. The molecule has 7 nitrogen and oxygen atoms in total. The summed E-state index contributed by atoms with van der Waals surface area (Å²) >= 11 is 1.51. The molecule has 1 aliphatic heterocycles. The number of thiophene rings is 1. The molecule has 0 saturated heterocycles. The van der Waals surface area contributed by atoms with Crippen molar-refractivity contribution < 1.29 is 37.0 Å². The first-order chi connectivity index (χ1) is 17.2. The zero-order valence-electron chi connectivity index (χ0n) is 21.2. The van der Waals surface area contributed by atoms with E-state index in [0.29, 0.717) is 31.7 Å². The molecule has 2 aromatic rings. The zero-order valence-corrected chi connectivity index (χ0v) is 22.1. The van der Waals surface area contributed by atoms with E-state index in [2.05, 4.69) is 5.32 Å². The minimum Gasteiger partial charge on any atom is -0.466 e. The zero-order chi connectivity index (χ0) is 27.4. The van der Waals surface area contributed by atoms with Crippen LogP contribution in [0.15, 0.2) is 30.3 Å².